The van der Waals surface area contributed by atoms with Crippen molar-refractivity contribution in [2.45, 2.75) is 30.8 Å². The Balaban J connectivity index is 1.69. The van der Waals surface area contributed by atoms with Gasteiger partial charge in [-0.25, -0.2) is 9.67 Å². The van der Waals surface area contributed by atoms with Crippen LogP contribution in [0, 0.1) is 0 Å². The summed E-state index contributed by atoms with van der Waals surface area (Å²) in [6, 6.07) is 10.1. The molecule has 0 aliphatic heterocycles. The Morgan fingerprint density at radius 3 is 2.81 bits per heavy atom. The first-order valence-corrected chi connectivity index (χ1v) is 7.63. The van der Waals surface area contributed by atoms with Crippen LogP contribution in [-0.2, 0) is 5.75 Å². The first-order chi connectivity index (χ1) is 10.2. The van der Waals surface area contributed by atoms with Gasteiger partial charge < -0.3 is 4.42 Å². The SMILES string of the molecule is CC(C)n1nnnc1SCc1ncc(-c2ccccc2)o1. The van der Waals surface area contributed by atoms with Crippen molar-refractivity contribution in [1.82, 2.24) is 25.2 Å². The van der Waals surface area contributed by atoms with Gasteiger partial charge in [-0.1, -0.05) is 42.1 Å². The summed E-state index contributed by atoms with van der Waals surface area (Å²) in [4.78, 5) is 4.30. The monoisotopic (exact) mass is 301 g/mol. The summed E-state index contributed by atoms with van der Waals surface area (Å²) in [5.41, 5.74) is 1.02. The first-order valence-electron chi connectivity index (χ1n) is 6.65. The van der Waals surface area contributed by atoms with E-state index in [-0.39, 0.29) is 6.04 Å². The van der Waals surface area contributed by atoms with E-state index in [2.05, 4.69) is 20.5 Å². The molecular weight excluding hydrogens is 286 g/mol. The number of hydrogen-bond acceptors (Lipinski definition) is 6. The highest BCUT2D eigenvalue weighted by Crippen LogP contribution is 2.25. The maximum absolute atomic E-state index is 5.76. The molecule has 2 heterocycles. The molecule has 0 radical (unpaired) electrons. The molecule has 6 nitrogen and oxygen atoms in total. The van der Waals surface area contributed by atoms with Crippen molar-refractivity contribution in [1.29, 1.82) is 0 Å². The molecule has 0 saturated carbocycles. The minimum absolute atomic E-state index is 0.229. The summed E-state index contributed by atoms with van der Waals surface area (Å²) in [7, 11) is 0. The lowest BCUT2D eigenvalue weighted by Gasteiger charge is -2.05. The Bertz CT molecular complexity index is 707. The fourth-order valence-corrected chi connectivity index (χ4v) is 2.70. The van der Waals surface area contributed by atoms with E-state index in [4.69, 9.17) is 4.42 Å². The van der Waals surface area contributed by atoms with Gasteiger partial charge in [0.05, 0.1) is 18.0 Å². The van der Waals surface area contributed by atoms with E-state index in [0.717, 1.165) is 16.5 Å². The lowest BCUT2D eigenvalue weighted by atomic mass is 10.2. The van der Waals surface area contributed by atoms with E-state index in [1.807, 2.05) is 44.2 Å². The molecule has 1 aromatic carbocycles. The quantitative estimate of drug-likeness (QED) is 0.674. The second kappa shape index (κ2) is 6.09. The second-order valence-electron chi connectivity index (χ2n) is 4.77. The van der Waals surface area contributed by atoms with Gasteiger partial charge in [0.2, 0.25) is 11.0 Å². The van der Waals surface area contributed by atoms with Crippen molar-refractivity contribution in [3.05, 3.63) is 42.4 Å². The van der Waals surface area contributed by atoms with Crippen molar-refractivity contribution in [3.63, 3.8) is 0 Å². The third kappa shape index (κ3) is 3.13. The Kier molecular flexibility index (Phi) is 4.01. The Morgan fingerprint density at radius 2 is 2.05 bits per heavy atom. The van der Waals surface area contributed by atoms with E-state index in [9.17, 15) is 0 Å². The molecule has 0 bridgehead atoms. The lowest BCUT2D eigenvalue weighted by Crippen LogP contribution is -2.04. The van der Waals surface area contributed by atoms with Gasteiger partial charge in [0.15, 0.2) is 5.76 Å². The van der Waals surface area contributed by atoms with E-state index >= 15 is 0 Å². The number of nitrogens with zero attached hydrogens (tertiary/aromatic N) is 5. The number of rotatable bonds is 5. The Labute approximate surface area is 126 Å². The molecule has 7 heteroatoms. The molecule has 0 N–H and O–H groups in total. The van der Waals surface area contributed by atoms with Crippen LogP contribution in [-0.4, -0.2) is 25.2 Å². The number of aromatic nitrogens is 5. The minimum Gasteiger partial charge on any atom is -0.440 e. The van der Waals surface area contributed by atoms with Crippen LogP contribution in [0.25, 0.3) is 11.3 Å². The molecule has 0 aliphatic rings. The van der Waals surface area contributed by atoms with Crippen LogP contribution < -0.4 is 0 Å². The molecule has 3 aromatic rings. The van der Waals surface area contributed by atoms with Gasteiger partial charge in [-0.15, -0.1) is 5.10 Å². The van der Waals surface area contributed by atoms with Crippen LogP contribution >= 0.6 is 11.8 Å². The van der Waals surface area contributed by atoms with E-state index in [1.165, 1.54) is 11.8 Å². The average molecular weight is 301 g/mol. The van der Waals surface area contributed by atoms with Gasteiger partial charge in [-0.05, 0) is 24.3 Å². The molecule has 0 unspecified atom stereocenters. The van der Waals surface area contributed by atoms with Crippen molar-refractivity contribution >= 4 is 11.8 Å². The Morgan fingerprint density at radius 1 is 1.24 bits per heavy atom. The molecule has 0 spiro atoms. The molecule has 108 valence electrons. The molecular formula is C14H15N5OS. The molecule has 0 amide bonds. The Hall–Kier alpha value is -2.15. The highest BCUT2D eigenvalue weighted by atomic mass is 32.2. The highest BCUT2D eigenvalue weighted by Gasteiger charge is 2.12. The van der Waals surface area contributed by atoms with Gasteiger partial charge in [0.25, 0.3) is 0 Å². The van der Waals surface area contributed by atoms with Crippen LogP contribution in [0.15, 0.2) is 46.1 Å². The fourth-order valence-electron chi connectivity index (χ4n) is 1.84. The fraction of sp³-hybridized carbons (Fsp3) is 0.286. The normalized spacial score (nSPS) is 11.2. The molecule has 21 heavy (non-hydrogen) atoms. The van der Waals surface area contributed by atoms with E-state index in [0.29, 0.717) is 11.6 Å². The van der Waals surface area contributed by atoms with Crippen molar-refractivity contribution < 1.29 is 4.42 Å². The summed E-state index contributed by atoms with van der Waals surface area (Å²) < 4.78 is 7.54. The van der Waals surface area contributed by atoms with Gasteiger partial charge in [-0.2, -0.15) is 0 Å². The summed E-state index contributed by atoms with van der Waals surface area (Å²) in [6.45, 7) is 4.08. The van der Waals surface area contributed by atoms with Crippen LogP contribution in [0.3, 0.4) is 0 Å². The van der Waals surface area contributed by atoms with Crippen LogP contribution in [0.4, 0.5) is 0 Å². The van der Waals surface area contributed by atoms with Crippen molar-refractivity contribution in [2.75, 3.05) is 0 Å². The predicted molar refractivity (Wildman–Crippen MR) is 79.7 cm³/mol. The average Bonchev–Trinajstić information content (AvgIpc) is 3.15. The summed E-state index contributed by atoms with van der Waals surface area (Å²) in [5, 5.41) is 12.4. The number of tetrazole rings is 1. The second-order valence-corrected chi connectivity index (χ2v) is 5.72. The maximum atomic E-state index is 5.76. The van der Waals surface area contributed by atoms with Crippen LogP contribution in [0.1, 0.15) is 25.8 Å². The van der Waals surface area contributed by atoms with E-state index < -0.39 is 0 Å². The van der Waals surface area contributed by atoms with Gasteiger partial charge >= 0.3 is 0 Å². The summed E-state index contributed by atoms with van der Waals surface area (Å²) >= 11 is 1.51. The largest absolute Gasteiger partial charge is 0.440 e. The number of benzene rings is 1. The van der Waals surface area contributed by atoms with Gasteiger partial charge in [0, 0.05) is 5.56 Å². The number of oxazole rings is 1. The molecule has 0 saturated heterocycles. The number of thioether (sulfide) groups is 1. The van der Waals surface area contributed by atoms with Crippen LogP contribution in [0.5, 0.6) is 0 Å². The molecule has 0 atom stereocenters. The first kappa shape index (κ1) is 13.8. The smallest absolute Gasteiger partial charge is 0.210 e. The minimum atomic E-state index is 0.229. The zero-order valence-corrected chi connectivity index (χ0v) is 12.6. The van der Waals surface area contributed by atoms with Gasteiger partial charge in [0.1, 0.15) is 0 Å². The van der Waals surface area contributed by atoms with E-state index in [1.54, 1.807) is 10.9 Å². The molecule has 2 aromatic heterocycles. The predicted octanol–water partition coefficient (Wildman–Crippen LogP) is 3.20. The summed E-state index contributed by atoms with van der Waals surface area (Å²) in [6.07, 6.45) is 1.75. The molecule has 0 fully saturated rings. The summed E-state index contributed by atoms with van der Waals surface area (Å²) in [5.74, 6) is 2.03. The van der Waals surface area contributed by atoms with Crippen molar-refractivity contribution in [2.24, 2.45) is 0 Å². The highest BCUT2D eigenvalue weighted by molar-refractivity contribution is 7.98. The lowest BCUT2D eigenvalue weighted by molar-refractivity contribution is 0.476. The van der Waals surface area contributed by atoms with Gasteiger partial charge in [-0.3, -0.25) is 0 Å². The van der Waals surface area contributed by atoms with Crippen LogP contribution in [0.2, 0.25) is 0 Å². The van der Waals surface area contributed by atoms with Crippen molar-refractivity contribution in [3.8, 4) is 11.3 Å². The zero-order chi connectivity index (χ0) is 14.7. The standard InChI is InChI=1S/C14H15N5OS/c1-10(2)19-14(16-17-18-19)21-9-13-15-8-12(20-13)11-6-4-3-5-7-11/h3-8,10H,9H2,1-2H3. The molecule has 3 rings (SSSR count). The number of hydrogen-bond donors (Lipinski definition) is 0. The molecule has 0 aliphatic carbocycles. The maximum Gasteiger partial charge on any atom is 0.210 e. The third-order valence-electron chi connectivity index (χ3n) is 2.89. The topological polar surface area (TPSA) is 69.6 Å². The third-order valence-corrected chi connectivity index (χ3v) is 3.81. The zero-order valence-electron chi connectivity index (χ0n) is 11.8.